The number of pyridine rings is 1. The van der Waals surface area contributed by atoms with Crippen LogP contribution >= 0.6 is 22.7 Å². The molecule has 1 saturated heterocycles. The molecule has 1 N–H and O–H groups in total. The number of fused-ring (bicyclic) bond motifs is 2. The van der Waals surface area contributed by atoms with Crippen LogP contribution < -0.4 is 10.1 Å². The van der Waals surface area contributed by atoms with Crippen LogP contribution in [0.2, 0.25) is 0 Å². The summed E-state index contributed by atoms with van der Waals surface area (Å²) in [5.74, 6) is 1.11. The van der Waals surface area contributed by atoms with Crippen molar-refractivity contribution in [2.75, 3.05) is 34.4 Å². The Labute approximate surface area is 210 Å². The molecule has 182 valence electrons. The molecule has 0 radical (unpaired) electrons. The highest BCUT2D eigenvalue weighted by Gasteiger charge is 2.36. The molecule has 1 aliphatic rings. The average molecular weight is 512 g/mol. The summed E-state index contributed by atoms with van der Waals surface area (Å²) < 4.78 is 18.9. The molecule has 4 aromatic rings. The number of amides is 2. The van der Waals surface area contributed by atoms with E-state index in [1.807, 2.05) is 25.1 Å². The number of ether oxygens (including phenoxy) is 3. The van der Waals surface area contributed by atoms with Crippen LogP contribution in [0.15, 0.2) is 36.5 Å². The van der Waals surface area contributed by atoms with Crippen LogP contribution in [-0.4, -0.2) is 68.3 Å². The zero-order valence-electron chi connectivity index (χ0n) is 19.8. The SMILES string of the molecule is CNC(=O)c1c(C)sc2cc(Oc3ccnc4cc(C(=O)N5C[C@H](OC)[C@H](OC)C5)sc34)ccc12. The monoisotopic (exact) mass is 511 g/mol. The van der Waals surface area contributed by atoms with Crippen molar-refractivity contribution in [3.63, 3.8) is 0 Å². The number of methoxy groups -OCH3 is 2. The highest BCUT2D eigenvalue weighted by atomic mass is 32.1. The van der Waals surface area contributed by atoms with E-state index in [1.165, 1.54) is 11.3 Å². The molecule has 5 rings (SSSR count). The van der Waals surface area contributed by atoms with E-state index < -0.39 is 0 Å². The number of hydrogen-bond acceptors (Lipinski definition) is 8. The Morgan fingerprint density at radius 2 is 1.83 bits per heavy atom. The van der Waals surface area contributed by atoms with Crippen LogP contribution in [0.4, 0.5) is 0 Å². The van der Waals surface area contributed by atoms with Crippen LogP contribution in [0.5, 0.6) is 11.5 Å². The summed E-state index contributed by atoms with van der Waals surface area (Å²) in [5.41, 5.74) is 1.40. The van der Waals surface area contributed by atoms with Crippen LogP contribution in [0, 0.1) is 6.92 Å². The Morgan fingerprint density at radius 1 is 1.09 bits per heavy atom. The summed E-state index contributed by atoms with van der Waals surface area (Å²) in [6.45, 7) is 2.91. The molecule has 1 fully saturated rings. The zero-order chi connectivity index (χ0) is 24.7. The van der Waals surface area contributed by atoms with Crippen molar-refractivity contribution in [2.45, 2.75) is 19.1 Å². The summed E-state index contributed by atoms with van der Waals surface area (Å²) >= 11 is 2.92. The predicted octanol–water partition coefficient (Wildman–Crippen LogP) is 4.46. The van der Waals surface area contributed by atoms with E-state index in [-0.39, 0.29) is 24.0 Å². The van der Waals surface area contributed by atoms with Crippen LogP contribution in [0.3, 0.4) is 0 Å². The smallest absolute Gasteiger partial charge is 0.264 e. The summed E-state index contributed by atoms with van der Waals surface area (Å²) in [4.78, 5) is 33.2. The zero-order valence-corrected chi connectivity index (χ0v) is 21.4. The van der Waals surface area contributed by atoms with Crippen molar-refractivity contribution in [3.05, 3.63) is 51.8 Å². The van der Waals surface area contributed by atoms with Gasteiger partial charge in [-0.15, -0.1) is 22.7 Å². The van der Waals surface area contributed by atoms with Crippen molar-refractivity contribution >= 4 is 54.8 Å². The van der Waals surface area contributed by atoms with Crippen LogP contribution in [-0.2, 0) is 9.47 Å². The van der Waals surface area contributed by atoms with Gasteiger partial charge >= 0.3 is 0 Å². The highest BCUT2D eigenvalue weighted by molar-refractivity contribution is 7.21. The van der Waals surface area contributed by atoms with Gasteiger partial charge in [-0.05, 0) is 31.2 Å². The molecule has 0 saturated carbocycles. The van der Waals surface area contributed by atoms with Crippen molar-refractivity contribution in [3.8, 4) is 11.5 Å². The van der Waals surface area contributed by atoms with Crippen molar-refractivity contribution in [2.24, 2.45) is 0 Å². The van der Waals surface area contributed by atoms with E-state index in [0.717, 1.165) is 19.7 Å². The minimum atomic E-state index is -0.143. The molecule has 0 unspecified atom stereocenters. The lowest BCUT2D eigenvalue weighted by molar-refractivity contribution is -0.00461. The first-order valence-electron chi connectivity index (χ1n) is 11.1. The Bertz CT molecular complexity index is 1420. The van der Waals surface area contributed by atoms with E-state index in [4.69, 9.17) is 14.2 Å². The van der Waals surface area contributed by atoms with Crippen molar-refractivity contribution < 1.29 is 23.8 Å². The van der Waals surface area contributed by atoms with E-state index >= 15 is 0 Å². The van der Waals surface area contributed by atoms with Gasteiger partial charge in [-0.25, -0.2) is 0 Å². The molecule has 2 amide bonds. The number of hydrogen-bond donors (Lipinski definition) is 1. The number of benzene rings is 1. The highest BCUT2D eigenvalue weighted by Crippen LogP contribution is 2.38. The fourth-order valence-electron chi connectivity index (χ4n) is 4.42. The molecule has 3 aromatic heterocycles. The standard InChI is InChI=1S/C25H25N3O5S2/c1-13-22(24(29)26-2)15-6-5-14(9-20(15)34-13)33-17-7-8-27-16-10-21(35-23(16)17)25(30)28-11-18(31-3)19(12-28)32-4/h5-10,18-19H,11-12H2,1-4H3,(H,26,29)/t18-,19+. The third-order valence-corrected chi connectivity index (χ3v) is 8.41. The second kappa shape index (κ2) is 9.54. The average Bonchev–Trinajstić information content (AvgIpc) is 3.57. The molecule has 10 heteroatoms. The lowest BCUT2D eigenvalue weighted by Gasteiger charge is -2.14. The van der Waals surface area contributed by atoms with Gasteiger partial charge < -0.3 is 24.4 Å². The van der Waals surface area contributed by atoms with Gasteiger partial charge in [0.15, 0.2) is 0 Å². The quantitative estimate of drug-likeness (QED) is 0.411. The number of carbonyl (C=O) groups is 2. The maximum absolute atomic E-state index is 13.2. The van der Waals surface area contributed by atoms with Gasteiger partial charge in [-0.2, -0.15) is 0 Å². The number of aryl methyl sites for hydroxylation is 1. The number of likely N-dealkylation sites (tertiary alicyclic amines) is 1. The Morgan fingerprint density at radius 3 is 2.51 bits per heavy atom. The number of aromatic nitrogens is 1. The number of nitrogens with one attached hydrogen (secondary N) is 1. The predicted molar refractivity (Wildman–Crippen MR) is 137 cm³/mol. The van der Waals surface area contributed by atoms with Crippen LogP contribution in [0.1, 0.15) is 24.9 Å². The molecular weight excluding hydrogens is 486 g/mol. The molecule has 2 atom stereocenters. The third kappa shape index (κ3) is 4.27. The van der Waals surface area contributed by atoms with Gasteiger partial charge in [-0.3, -0.25) is 14.6 Å². The molecule has 35 heavy (non-hydrogen) atoms. The van der Waals surface area contributed by atoms with Gasteiger partial charge in [0.25, 0.3) is 11.8 Å². The first kappa shape index (κ1) is 23.7. The molecule has 0 bridgehead atoms. The lowest BCUT2D eigenvalue weighted by atomic mass is 10.1. The Balaban J connectivity index is 1.42. The van der Waals surface area contributed by atoms with Gasteiger partial charge in [0.1, 0.15) is 23.7 Å². The topological polar surface area (TPSA) is 90.0 Å². The van der Waals surface area contributed by atoms with E-state index in [2.05, 4.69) is 10.3 Å². The maximum Gasteiger partial charge on any atom is 0.264 e. The van der Waals surface area contributed by atoms with Gasteiger partial charge in [0, 0.05) is 61.6 Å². The van der Waals surface area contributed by atoms with Crippen molar-refractivity contribution in [1.82, 2.24) is 15.2 Å². The molecule has 1 aliphatic heterocycles. The largest absolute Gasteiger partial charge is 0.456 e. The summed E-state index contributed by atoms with van der Waals surface area (Å²) in [6.07, 6.45) is 1.39. The molecule has 0 spiro atoms. The maximum atomic E-state index is 13.2. The van der Waals surface area contributed by atoms with Gasteiger partial charge in [-0.1, -0.05) is 0 Å². The molecular formula is C25H25N3O5S2. The summed E-state index contributed by atoms with van der Waals surface area (Å²) in [5, 5.41) is 3.60. The molecule has 8 nitrogen and oxygen atoms in total. The first-order chi connectivity index (χ1) is 16.9. The molecule has 4 heterocycles. The number of carbonyl (C=O) groups excluding carboxylic acids is 2. The minimum Gasteiger partial charge on any atom is -0.456 e. The van der Waals surface area contributed by atoms with Crippen LogP contribution in [0.25, 0.3) is 20.3 Å². The van der Waals surface area contributed by atoms with Crippen molar-refractivity contribution in [1.29, 1.82) is 0 Å². The number of thiophene rings is 2. The van der Waals surface area contributed by atoms with Gasteiger partial charge in [0.2, 0.25) is 0 Å². The fourth-order valence-corrected chi connectivity index (χ4v) is 6.54. The van der Waals surface area contributed by atoms with E-state index in [0.29, 0.717) is 40.5 Å². The number of nitrogens with zero attached hydrogens (tertiary/aromatic N) is 2. The van der Waals surface area contributed by atoms with E-state index in [9.17, 15) is 9.59 Å². The normalized spacial score (nSPS) is 17.9. The summed E-state index contributed by atoms with van der Waals surface area (Å²) in [6, 6.07) is 9.30. The Hall–Kier alpha value is -3.05. The number of rotatable bonds is 6. The molecule has 0 aliphatic carbocycles. The summed E-state index contributed by atoms with van der Waals surface area (Å²) in [7, 11) is 4.89. The van der Waals surface area contributed by atoms with E-state index in [1.54, 1.807) is 55.8 Å². The fraction of sp³-hybridized carbons (Fsp3) is 0.320. The third-order valence-electron chi connectivity index (χ3n) is 6.21. The second-order valence-corrected chi connectivity index (χ2v) is 10.6. The Kier molecular flexibility index (Phi) is 6.45. The first-order valence-corrected chi connectivity index (χ1v) is 12.7. The minimum absolute atomic E-state index is 0.0715. The lowest BCUT2D eigenvalue weighted by Crippen LogP contribution is -2.29. The molecule has 1 aromatic carbocycles. The second-order valence-electron chi connectivity index (χ2n) is 8.26. The van der Waals surface area contributed by atoms with Gasteiger partial charge in [0.05, 0.1) is 20.7 Å².